The van der Waals surface area contributed by atoms with Crippen LogP contribution in [0, 0.1) is 6.92 Å². The number of halogens is 1. The first-order valence-corrected chi connectivity index (χ1v) is 7.54. The maximum absolute atomic E-state index is 12.3. The Hall–Kier alpha value is -2.07. The third-order valence-corrected chi connectivity index (χ3v) is 4.12. The minimum atomic E-state index is -0.0460. The molecule has 0 amide bonds. The molecule has 0 bridgehead atoms. The van der Waals surface area contributed by atoms with Crippen LogP contribution in [-0.4, -0.2) is 9.78 Å². The summed E-state index contributed by atoms with van der Waals surface area (Å²) in [5.41, 5.74) is 4.05. The van der Waals surface area contributed by atoms with Gasteiger partial charge in [-0.25, -0.2) is 4.68 Å². The van der Waals surface area contributed by atoms with Gasteiger partial charge in [0.1, 0.15) is 4.47 Å². The molecule has 2 aromatic carbocycles. The van der Waals surface area contributed by atoms with Gasteiger partial charge in [0.05, 0.1) is 12.2 Å². The maximum Gasteiger partial charge on any atom is 0.281 e. The van der Waals surface area contributed by atoms with Crippen molar-refractivity contribution in [1.29, 1.82) is 0 Å². The summed E-state index contributed by atoms with van der Waals surface area (Å²) in [5.74, 6) is 0. The Morgan fingerprint density at radius 3 is 2.57 bits per heavy atom. The average molecular weight is 343 g/mol. The summed E-state index contributed by atoms with van der Waals surface area (Å²) < 4.78 is 2.20. The van der Waals surface area contributed by atoms with Crippen LogP contribution in [0.4, 0.5) is 0 Å². The van der Waals surface area contributed by atoms with Gasteiger partial charge < -0.3 is 0 Å². The van der Waals surface area contributed by atoms with E-state index in [1.807, 2.05) is 55.5 Å². The second-order valence-corrected chi connectivity index (χ2v) is 5.84. The zero-order chi connectivity index (χ0) is 14.8. The summed E-state index contributed by atoms with van der Waals surface area (Å²) in [5, 5.41) is 3.19. The molecule has 0 fully saturated rings. The molecule has 1 heterocycles. The fourth-order valence-corrected chi connectivity index (χ4v) is 2.89. The quantitative estimate of drug-likeness (QED) is 0.768. The number of nitrogens with zero attached hydrogens (tertiary/aromatic N) is 1. The van der Waals surface area contributed by atoms with Gasteiger partial charge in [-0.1, -0.05) is 60.2 Å². The van der Waals surface area contributed by atoms with Gasteiger partial charge in [0.15, 0.2) is 0 Å². The lowest BCUT2D eigenvalue weighted by molar-refractivity contribution is 0.665. The van der Waals surface area contributed by atoms with Crippen molar-refractivity contribution in [3.05, 3.63) is 80.6 Å². The van der Waals surface area contributed by atoms with Gasteiger partial charge in [0.25, 0.3) is 5.56 Å². The molecule has 21 heavy (non-hydrogen) atoms. The van der Waals surface area contributed by atoms with E-state index in [0.29, 0.717) is 11.0 Å². The van der Waals surface area contributed by atoms with Crippen LogP contribution in [0.1, 0.15) is 11.1 Å². The highest BCUT2D eigenvalue weighted by molar-refractivity contribution is 9.10. The first-order chi connectivity index (χ1) is 10.1. The molecule has 3 nitrogen and oxygen atoms in total. The van der Waals surface area contributed by atoms with E-state index in [2.05, 4.69) is 27.1 Å². The van der Waals surface area contributed by atoms with Crippen LogP contribution in [-0.2, 0) is 6.54 Å². The second kappa shape index (κ2) is 5.74. The van der Waals surface area contributed by atoms with Crippen LogP contribution in [0.5, 0.6) is 0 Å². The highest BCUT2D eigenvalue weighted by Gasteiger charge is 2.13. The van der Waals surface area contributed by atoms with Crippen molar-refractivity contribution in [2.45, 2.75) is 13.5 Å². The van der Waals surface area contributed by atoms with Crippen molar-refractivity contribution in [2.75, 3.05) is 0 Å². The summed E-state index contributed by atoms with van der Waals surface area (Å²) in [7, 11) is 0. The summed E-state index contributed by atoms with van der Waals surface area (Å²) in [6.45, 7) is 2.58. The number of aryl methyl sites for hydroxylation is 1. The number of aromatic nitrogens is 2. The van der Waals surface area contributed by atoms with Crippen LogP contribution in [0.2, 0.25) is 0 Å². The van der Waals surface area contributed by atoms with Crippen LogP contribution in [0.25, 0.3) is 11.3 Å². The Morgan fingerprint density at radius 1 is 1.10 bits per heavy atom. The number of hydrogen-bond acceptors (Lipinski definition) is 1. The summed E-state index contributed by atoms with van der Waals surface area (Å²) in [6, 6.07) is 18.0. The Morgan fingerprint density at radius 2 is 1.86 bits per heavy atom. The molecule has 1 aromatic heterocycles. The standard InChI is InChI=1S/C17H15BrN2O/c1-12-6-5-7-13(10-12)11-20-17(21)15(18)16(19-20)14-8-3-2-4-9-14/h2-10,19H,11H2,1H3. The summed E-state index contributed by atoms with van der Waals surface area (Å²) in [4.78, 5) is 12.3. The molecule has 0 spiro atoms. The molecule has 0 aliphatic heterocycles. The Bertz CT molecular complexity index is 818. The van der Waals surface area contributed by atoms with E-state index in [0.717, 1.165) is 16.8 Å². The van der Waals surface area contributed by atoms with Gasteiger partial charge in [0, 0.05) is 5.56 Å². The Labute approximate surface area is 131 Å². The molecule has 1 N–H and O–H groups in total. The lowest BCUT2D eigenvalue weighted by Crippen LogP contribution is -2.17. The molecule has 0 saturated heterocycles. The molecule has 0 unspecified atom stereocenters. The van der Waals surface area contributed by atoms with E-state index < -0.39 is 0 Å². The predicted octanol–water partition coefficient (Wildman–Crippen LogP) is 3.96. The molecular formula is C17H15BrN2O. The van der Waals surface area contributed by atoms with Crippen LogP contribution >= 0.6 is 15.9 Å². The number of rotatable bonds is 3. The van der Waals surface area contributed by atoms with Crippen LogP contribution in [0.3, 0.4) is 0 Å². The van der Waals surface area contributed by atoms with E-state index in [1.54, 1.807) is 4.68 Å². The minimum Gasteiger partial charge on any atom is -0.293 e. The van der Waals surface area contributed by atoms with Crippen molar-refractivity contribution in [1.82, 2.24) is 9.78 Å². The molecule has 106 valence electrons. The highest BCUT2D eigenvalue weighted by Crippen LogP contribution is 2.23. The Kier molecular flexibility index (Phi) is 3.80. The molecule has 0 aliphatic rings. The van der Waals surface area contributed by atoms with Crippen molar-refractivity contribution < 1.29 is 0 Å². The van der Waals surface area contributed by atoms with E-state index >= 15 is 0 Å². The number of aromatic amines is 1. The normalized spacial score (nSPS) is 10.8. The first kappa shape index (κ1) is 13.9. The first-order valence-electron chi connectivity index (χ1n) is 6.74. The molecule has 0 atom stereocenters. The molecule has 0 aliphatic carbocycles. The van der Waals surface area contributed by atoms with Gasteiger partial charge in [0.2, 0.25) is 0 Å². The van der Waals surface area contributed by atoms with E-state index in [-0.39, 0.29) is 5.56 Å². The predicted molar refractivity (Wildman–Crippen MR) is 88.5 cm³/mol. The fraction of sp³-hybridized carbons (Fsp3) is 0.118. The van der Waals surface area contributed by atoms with Gasteiger partial charge in [-0.3, -0.25) is 9.89 Å². The van der Waals surface area contributed by atoms with Gasteiger partial charge >= 0.3 is 0 Å². The van der Waals surface area contributed by atoms with Gasteiger partial charge in [-0.05, 0) is 28.4 Å². The monoisotopic (exact) mass is 342 g/mol. The SMILES string of the molecule is Cc1cccc(Cn2[nH]c(-c3ccccc3)c(Br)c2=O)c1. The summed E-state index contributed by atoms with van der Waals surface area (Å²) in [6.07, 6.45) is 0. The molecule has 3 aromatic rings. The number of H-pyrrole nitrogens is 1. The molecule has 0 radical (unpaired) electrons. The minimum absolute atomic E-state index is 0.0460. The number of benzene rings is 2. The lowest BCUT2D eigenvalue weighted by Gasteiger charge is -2.04. The largest absolute Gasteiger partial charge is 0.293 e. The third-order valence-electron chi connectivity index (χ3n) is 3.38. The zero-order valence-electron chi connectivity index (χ0n) is 11.6. The number of hydrogen-bond donors (Lipinski definition) is 1. The second-order valence-electron chi connectivity index (χ2n) is 5.05. The fourth-order valence-electron chi connectivity index (χ4n) is 2.36. The molecule has 3 rings (SSSR count). The van der Waals surface area contributed by atoms with Crippen molar-refractivity contribution in [2.24, 2.45) is 0 Å². The molecule has 0 saturated carbocycles. The van der Waals surface area contributed by atoms with Crippen LogP contribution in [0.15, 0.2) is 63.9 Å². The summed E-state index contributed by atoms with van der Waals surface area (Å²) >= 11 is 3.40. The maximum atomic E-state index is 12.3. The lowest BCUT2D eigenvalue weighted by atomic mass is 10.1. The average Bonchev–Trinajstić information content (AvgIpc) is 2.77. The topological polar surface area (TPSA) is 37.8 Å². The van der Waals surface area contributed by atoms with Gasteiger partial charge in [-0.2, -0.15) is 0 Å². The number of nitrogens with one attached hydrogen (secondary N) is 1. The van der Waals surface area contributed by atoms with Crippen molar-refractivity contribution in [3.63, 3.8) is 0 Å². The van der Waals surface area contributed by atoms with E-state index in [1.165, 1.54) is 5.56 Å². The highest BCUT2D eigenvalue weighted by atomic mass is 79.9. The zero-order valence-corrected chi connectivity index (χ0v) is 13.2. The van der Waals surface area contributed by atoms with E-state index in [9.17, 15) is 4.79 Å². The molecule has 4 heteroatoms. The van der Waals surface area contributed by atoms with Gasteiger partial charge in [-0.15, -0.1) is 0 Å². The third kappa shape index (κ3) is 2.85. The van der Waals surface area contributed by atoms with Crippen molar-refractivity contribution >= 4 is 15.9 Å². The van der Waals surface area contributed by atoms with E-state index in [4.69, 9.17) is 0 Å². The smallest absolute Gasteiger partial charge is 0.281 e. The molecular weight excluding hydrogens is 328 g/mol. The van der Waals surface area contributed by atoms with Crippen molar-refractivity contribution in [3.8, 4) is 11.3 Å². The van der Waals surface area contributed by atoms with Crippen LogP contribution < -0.4 is 5.56 Å². The Balaban J connectivity index is 2.00.